The second-order valence-electron chi connectivity index (χ2n) is 11.0. The lowest BCUT2D eigenvalue weighted by molar-refractivity contribution is -0.143. The van der Waals surface area contributed by atoms with Crippen molar-refractivity contribution in [3.05, 3.63) is 66.5 Å². The second kappa shape index (κ2) is 10.3. The predicted octanol–water partition coefficient (Wildman–Crippen LogP) is 4.32. The van der Waals surface area contributed by atoms with Crippen molar-refractivity contribution in [3.8, 4) is 0 Å². The number of carbonyl (C=O) groups is 2. The Balaban J connectivity index is 1.10. The summed E-state index contributed by atoms with van der Waals surface area (Å²) in [5, 5.41) is 3.34. The minimum atomic E-state index is -0.0985. The number of amides is 2. The van der Waals surface area contributed by atoms with Crippen LogP contribution in [0.1, 0.15) is 63.1 Å². The van der Waals surface area contributed by atoms with E-state index in [0.717, 1.165) is 36.9 Å². The van der Waals surface area contributed by atoms with Crippen molar-refractivity contribution < 1.29 is 9.59 Å². The number of aromatic nitrogens is 2. The van der Waals surface area contributed by atoms with Gasteiger partial charge in [-0.25, -0.2) is 4.98 Å². The average molecular weight is 500 g/mol. The molecule has 3 fully saturated rings. The van der Waals surface area contributed by atoms with Crippen LogP contribution in [0.2, 0.25) is 0 Å². The van der Waals surface area contributed by atoms with E-state index in [9.17, 15) is 9.59 Å². The normalized spacial score (nSPS) is 24.7. The summed E-state index contributed by atoms with van der Waals surface area (Å²) in [4.78, 5) is 34.1. The number of rotatable bonds is 8. The lowest BCUT2D eigenvalue weighted by atomic mass is 9.94. The van der Waals surface area contributed by atoms with Gasteiger partial charge in [-0.1, -0.05) is 49.4 Å². The lowest BCUT2D eigenvalue weighted by Crippen LogP contribution is -2.56. The Morgan fingerprint density at radius 3 is 2.41 bits per heavy atom. The zero-order chi connectivity index (χ0) is 25.4. The molecule has 37 heavy (non-hydrogen) atoms. The van der Waals surface area contributed by atoms with Crippen molar-refractivity contribution >= 4 is 22.8 Å². The third-order valence-corrected chi connectivity index (χ3v) is 8.84. The molecule has 2 aromatic carbocycles. The second-order valence-corrected chi connectivity index (χ2v) is 11.0. The molecule has 3 aliphatic heterocycles. The first-order chi connectivity index (χ1) is 18.1. The van der Waals surface area contributed by atoms with Gasteiger partial charge in [-0.15, -0.1) is 0 Å². The third kappa shape index (κ3) is 4.77. The van der Waals surface area contributed by atoms with E-state index >= 15 is 0 Å². The number of hydrogen-bond acceptors (Lipinski definition) is 4. The number of para-hydroxylation sites is 2. The molecule has 194 valence electrons. The summed E-state index contributed by atoms with van der Waals surface area (Å²) < 4.78 is 2.40. The molecule has 6 rings (SSSR count). The molecule has 3 saturated heterocycles. The molecule has 0 unspecified atom stereocenters. The summed E-state index contributed by atoms with van der Waals surface area (Å²) in [7, 11) is 0. The number of imidazole rings is 1. The summed E-state index contributed by atoms with van der Waals surface area (Å²) >= 11 is 0. The van der Waals surface area contributed by atoms with Gasteiger partial charge < -0.3 is 14.8 Å². The molecular formula is C30H37N5O2. The van der Waals surface area contributed by atoms with Crippen molar-refractivity contribution in [1.29, 1.82) is 0 Å². The monoisotopic (exact) mass is 499 g/mol. The highest BCUT2D eigenvalue weighted by Gasteiger charge is 2.42. The minimum Gasteiger partial charge on any atom is -0.349 e. The molecule has 1 aromatic heterocycles. The Hall–Kier alpha value is -3.19. The van der Waals surface area contributed by atoms with Gasteiger partial charge in [-0.3, -0.25) is 14.5 Å². The van der Waals surface area contributed by atoms with E-state index in [-0.39, 0.29) is 23.8 Å². The highest BCUT2D eigenvalue weighted by atomic mass is 16.2. The van der Waals surface area contributed by atoms with Gasteiger partial charge in [0.2, 0.25) is 11.8 Å². The van der Waals surface area contributed by atoms with E-state index in [4.69, 9.17) is 0 Å². The number of likely N-dealkylation sites (tertiary alicyclic amines) is 1. The molecule has 3 aromatic rings. The third-order valence-electron chi connectivity index (χ3n) is 8.84. The van der Waals surface area contributed by atoms with E-state index in [1.54, 1.807) is 4.90 Å². The number of piperidine rings is 1. The van der Waals surface area contributed by atoms with Gasteiger partial charge in [0.1, 0.15) is 0 Å². The van der Waals surface area contributed by atoms with Crippen LogP contribution in [0.3, 0.4) is 0 Å². The van der Waals surface area contributed by atoms with E-state index < -0.39 is 0 Å². The first kappa shape index (κ1) is 24.2. The molecule has 0 aliphatic carbocycles. The topological polar surface area (TPSA) is 70.5 Å². The molecule has 2 bridgehead atoms. The summed E-state index contributed by atoms with van der Waals surface area (Å²) in [6.45, 7) is 3.94. The molecule has 3 aliphatic rings. The minimum absolute atomic E-state index is 0.0145. The Morgan fingerprint density at radius 1 is 0.973 bits per heavy atom. The molecule has 4 heterocycles. The van der Waals surface area contributed by atoms with Crippen LogP contribution in [0, 0.1) is 5.92 Å². The summed E-state index contributed by atoms with van der Waals surface area (Å²) in [6, 6.07) is 20.4. The Kier molecular flexibility index (Phi) is 6.72. The molecule has 0 radical (unpaired) electrons. The summed E-state index contributed by atoms with van der Waals surface area (Å²) in [5.74, 6) is 0.104. The average Bonchev–Trinajstić information content (AvgIpc) is 3.43. The van der Waals surface area contributed by atoms with Crippen molar-refractivity contribution in [1.82, 2.24) is 24.7 Å². The fourth-order valence-electron chi connectivity index (χ4n) is 6.75. The largest absolute Gasteiger partial charge is 0.349 e. The van der Waals surface area contributed by atoms with Crippen LogP contribution < -0.4 is 5.32 Å². The van der Waals surface area contributed by atoms with Crippen molar-refractivity contribution in [2.45, 2.75) is 69.6 Å². The maximum absolute atomic E-state index is 13.1. The summed E-state index contributed by atoms with van der Waals surface area (Å²) in [5.41, 5.74) is 3.47. The quantitative estimate of drug-likeness (QED) is 0.501. The Labute approximate surface area is 218 Å². The molecule has 0 spiro atoms. The number of carbonyl (C=O) groups excluding carboxylic acids is 2. The van der Waals surface area contributed by atoms with E-state index in [1.165, 1.54) is 18.4 Å². The van der Waals surface area contributed by atoms with Crippen LogP contribution >= 0.6 is 0 Å². The van der Waals surface area contributed by atoms with Crippen molar-refractivity contribution in [2.24, 2.45) is 5.92 Å². The van der Waals surface area contributed by atoms with Gasteiger partial charge in [0.15, 0.2) is 0 Å². The standard InChI is InChI=1S/C30H37N5O2/c1-2-29(36)33-18-22(19-33)30(37)32-26(21-8-4-3-5-9-21)14-15-34-23-12-13-24(34)17-25(16-23)35-20-31-27-10-6-7-11-28(27)35/h3-11,20,22-26H,2,12-19H2,1H3,(H,32,37)/t23-,24+,25+,26-/m0/s1. The molecule has 2 amide bonds. The number of hydrogen-bond donors (Lipinski definition) is 1. The van der Waals surface area contributed by atoms with Crippen LogP contribution in [0.4, 0.5) is 0 Å². The highest BCUT2D eigenvalue weighted by molar-refractivity contribution is 5.84. The van der Waals surface area contributed by atoms with Gasteiger partial charge in [-0.05, 0) is 49.8 Å². The van der Waals surface area contributed by atoms with Crippen LogP contribution in [-0.2, 0) is 9.59 Å². The smallest absolute Gasteiger partial charge is 0.227 e. The SMILES string of the molecule is CCC(=O)N1CC(C(=O)N[C@@H](CCN2[C@@H]3CC[C@H]2C[C@@H](n2cnc4ccccc42)C3)c2ccccc2)C1. The maximum atomic E-state index is 13.1. The fourth-order valence-corrected chi connectivity index (χ4v) is 6.75. The number of fused-ring (bicyclic) bond motifs is 3. The van der Waals surface area contributed by atoms with Gasteiger partial charge in [-0.2, -0.15) is 0 Å². The number of nitrogens with zero attached hydrogens (tertiary/aromatic N) is 4. The predicted molar refractivity (Wildman–Crippen MR) is 144 cm³/mol. The van der Waals surface area contributed by atoms with Crippen LogP contribution in [-0.4, -0.2) is 62.9 Å². The highest BCUT2D eigenvalue weighted by Crippen LogP contribution is 2.42. The van der Waals surface area contributed by atoms with Gasteiger partial charge in [0.25, 0.3) is 0 Å². The van der Waals surface area contributed by atoms with Gasteiger partial charge in [0, 0.05) is 44.2 Å². The first-order valence-electron chi connectivity index (χ1n) is 13.9. The van der Waals surface area contributed by atoms with Gasteiger partial charge in [0.05, 0.1) is 29.3 Å². The zero-order valence-corrected chi connectivity index (χ0v) is 21.6. The van der Waals surface area contributed by atoms with E-state index in [1.807, 2.05) is 31.5 Å². The molecule has 4 atom stereocenters. The van der Waals surface area contributed by atoms with Crippen LogP contribution in [0.15, 0.2) is 60.9 Å². The van der Waals surface area contributed by atoms with Gasteiger partial charge >= 0.3 is 0 Å². The Morgan fingerprint density at radius 2 is 1.68 bits per heavy atom. The molecule has 1 N–H and O–H groups in total. The Bertz CT molecular complexity index is 1240. The first-order valence-corrected chi connectivity index (χ1v) is 13.9. The number of nitrogens with one attached hydrogen (secondary N) is 1. The molecule has 7 heteroatoms. The lowest BCUT2D eigenvalue weighted by Gasteiger charge is -2.41. The fraction of sp³-hybridized carbons (Fsp3) is 0.500. The summed E-state index contributed by atoms with van der Waals surface area (Å²) in [6.07, 6.45) is 8.23. The van der Waals surface area contributed by atoms with E-state index in [2.05, 4.69) is 56.2 Å². The molecule has 7 nitrogen and oxygen atoms in total. The number of benzene rings is 2. The van der Waals surface area contributed by atoms with Crippen molar-refractivity contribution in [3.63, 3.8) is 0 Å². The maximum Gasteiger partial charge on any atom is 0.227 e. The van der Waals surface area contributed by atoms with Crippen molar-refractivity contribution in [2.75, 3.05) is 19.6 Å². The molecular weight excluding hydrogens is 462 g/mol. The zero-order valence-electron chi connectivity index (χ0n) is 21.6. The van der Waals surface area contributed by atoms with Crippen LogP contribution in [0.5, 0.6) is 0 Å². The van der Waals surface area contributed by atoms with Crippen LogP contribution in [0.25, 0.3) is 11.0 Å². The van der Waals surface area contributed by atoms with E-state index in [0.29, 0.717) is 37.6 Å². The molecule has 0 saturated carbocycles.